The minimum atomic E-state index is -0.766. The Hall–Kier alpha value is -2.09. The predicted octanol–water partition coefficient (Wildman–Crippen LogP) is 4.02. The molecule has 0 saturated carbocycles. The fraction of sp³-hybridized carbons (Fsp3) is 0.278. The van der Waals surface area contributed by atoms with E-state index < -0.39 is 11.9 Å². The van der Waals surface area contributed by atoms with Crippen molar-refractivity contribution in [3.63, 3.8) is 0 Å². The molecule has 2 heteroatoms. The number of carbonyl (C=O) groups is 1. The number of aliphatic carboxylic acids is 1. The molecule has 2 aromatic carbocycles. The third-order valence-electron chi connectivity index (χ3n) is 3.66. The van der Waals surface area contributed by atoms with Crippen molar-refractivity contribution in [1.29, 1.82) is 0 Å². The van der Waals surface area contributed by atoms with Crippen LogP contribution in [0.1, 0.15) is 33.7 Å². The highest BCUT2D eigenvalue weighted by molar-refractivity contribution is 5.77. The summed E-state index contributed by atoms with van der Waals surface area (Å²) in [6.07, 6.45) is 0.527. The molecule has 1 N–H and O–H groups in total. The van der Waals surface area contributed by atoms with Gasteiger partial charge in [0.1, 0.15) is 0 Å². The van der Waals surface area contributed by atoms with E-state index in [1.54, 1.807) is 0 Å². The summed E-state index contributed by atoms with van der Waals surface area (Å²) in [5, 5.41) is 9.54. The van der Waals surface area contributed by atoms with Crippen LogP contribution in [0.2, 0.25) is 0 Å². The van der Waals surface area contributed by atoms with E-state index in [4.69, 9.17) is 0 Å². The quantitative estimate of drug-likeness (QED) is 0.909. The molecule has 0 radical (unpaired) electrons. The highest BCUT2D eigenvalue weighted by Gasteiger charge is 2.21. The van der Waals surface area contributed by atoms with E-state index in [0.717, 1.165) is 22.3 Å². The van der Waals surface area contributed by atoms with E-state index in [2.05, 4.69) is 0 Å². The molecule has 2 aromatic rings. The zero-order valence-corrected chi connectivity index (χ0v) is 12.2. The van der Waals surface area contributed by atoms with E-state index in [-0.39, 0.29) is 0 Å². The van der Waals surface area contributed by atoms with Gasteiger partial charge in [0.15, 0.2) is 0 Å². The fourth-order valence-corrected chi connectivity index (χ4v) is 2.51. The van der Waals surface area contributed by atoms with E-state index in [1.165, 1.54) is 5.56 Å². The molecule has 0 fully saturated rings. The van der Waals surface area contributed by atoms with Crippen LogP contribution in [0.3, 0.4) is 0 Å². The molecule has 0 saturated heterocycles. The number of benzene rings is 2. The summed E-state index contributed by atoms with van der Waals surface area (Å²) in [6, 6.07) is 14.0. The zero-order chi connectivity index (χ0) is 14.7. The summed E-state index contributed by atoms with van der Waals surface area (Å²) in [5.74, 6) is -1.25. The van der Waals surface area contributed by atoms with Crippen molar-refractivity contribution in [3.8, 4) is 0 Å². The maximum absolute atomic E-state index is 11.6. The van der Waals surface area contributed by atoms with Crippen molar-refractivity contribution in [2.75, 3.05) is 0 Å². The van der Waals surface area contributed by atoms with E-state index in [9.17, 15) is 9.90 Å². The smallest absolute Gasteiger partial charge is 0.311 e. The van der Waals surface area contributed by atoms with Gasteiger partial charge in [-0.25, -0.2) is 0 Å². The van der Waals surface area contributed by atoms with Crippen LogP contribution in [0.15, 0.2) is 42.5 Å². The predicted molar refractivity (Wildman–Crippen MR) is 81.2 cm³/mol. The van der Waals surface area contributed by atoms with Crippen molar-refractivity contribution < 1.29 is 9.90 Å². The monoisotopic (exact) mass is 268 g/mol. The summed E-state index contributed by atoms with van der Waals surface area (Å²) in [7, 11) is 0. The van der Waals surface area contributed by atoms with Gasteiger partial charge in [-0.05, 0) is 43.9 Å². The number of hydrogen-bond acceptors (Lipinski definition) is 1. The van der Waals surface area contributed by atoms with Crippen molar-refractivity contribution >= 4 is 5.97 Å². The molecule has 20 heavy (non-hydrogen) atoms. The Bertz CT molecular complexity index is 612. The first-order valence-corrected chi connectivity index (χ1v) is 6.83. The summed E-state index contributed by atoms with van der Waals surface area (Å²) < 4.78 is 0. The second kappa shape index (κ2) is 5.91. The minimum absolute atomic E-state index is 0.488. The van der Waals surface area contributed by atoms with Gasteiger partial charge in [-0.1, -0.05) is 53.6 Å². The normalized spacial score (nSPS) is 12.2. The van der Waals surface area contributed by atoms with E-state index in [0.29, 0.717) is 6.42 Å². The molecular formula is C18H20O2. The standard InChI is InChI=1S/C18H20O2/c1-12-4-7-15(8-5-12)11-17(18(19)20)16-9-6-13(2)10-14(16)3/h4-10,17H,11H2,1-3H3,(H,19,20). The van der Waals surface area contributed by atoms with Crippen LogP contribution in [-0.4, -0.2) is 11.1 Å². The Labute approximate surface area is 120 Å². The van der Waals surface area contributed by atoms with Crippen LogP contribution < -0.4 is 0 Å². The summed E-state index contributed by atoms with van der Waals surface area (Å²) >= 11 is 0. The summed E-state index contributed by atoms with van der Waals surface area (Å²) in [5.41, 5.74) is 5.36. The lowest BCUT2D eigenvalue weighted by Crippen LogP contribution is -2.15. The summed E-state index contributed by atoms with van der Waals surface area (Å²) in [6.45, 7) is 6.03. The van der Waals surface area contributed by atoms with E-state index >= 15 is 0 Å². The Morgan fingerprint density at radius 1 is 1.00 bits per heavy atom. The van der Waals surface area contributed by atoms with Crippen molar-refractivity contribution in [3.05, 3.63) is 70.3 Å². The number of carboxylic acids is 1. The van der Waals surface area contributed by atoms with Gasteiger partial charge in [0.2, 0.25) is 0 Å². The number of rotatable bonds is 4. The van der Waals surface area contributed by atoms with Crippen LogP contribution >= 0.6 is 0 Å². The molecule has 0 heterocycles. The molecule has 2 nitrogen and oxygen atoms in total. The second-order valence-electron chi connectivity index (χ2n) is 5.44. The number of carboxylic acid groups (broad SMARTS) is 1. The minimum Gasteiger partial charge on any atom is -0.481 e. The molecule has 0 aliphatic carbocycles. The van der Waals surface area contributed by atoms with Gasteiger partial charge in [0, 0.05) is 0 Å². The zero-order valence-electron chi connectivity index (χ0n) is 12.2. The van der Waals surface area contributed by atoms with Crippen molar-refractivity contribution in [2.24, 2.45) is 0 Å². The molecule has 1 unspecified atom stereocenters. The Kier molecular flexibility index (Phi) is 4.23. The third-order valence-corrected chi connectivity index (χ3v) is 3.66. The first-order valence-electron chi connectivity index (χ1n) is 6.83. The van der Waals surface area contributed by atoms with Gasteiger partial charge in [-0.15, -0.1) is 0 Å². The molecule has 0 aromatic heterocycles. The molecule has 0 spiro atoms. The molecule has 0 aliphatic rings. The van der Waals surface area contributed by atoms with Crippen molar-refractivity contribution in [1.82, 2.24) is 0 Å². The topological polar surface area (TPSA) is 37.3 Å². The fourth-order valence-electron chi connectivity index (χ4n) is 2.51. The van der Waals surface area contributed by atoms with Crippen LogP contribution in [0, 0.1) is 20.8 Å². The average molecular weight is 268 g/mol. The Morgan fingerprint density at radius 2 is 1.60 bits per heavy atom. The molecule has 1 atom stereocenters. The highest BCUT2D eigenvalue weighted by atomic mass is 16.4. The van der Waals surface area contributed by atoms with Gasteiger partial charge >= 0.3 is 5.97 Å². The molecular weight excluding hydrogens is 248 g/mol. The first-order chi connectivity index (χ1) is 9.47. The SMILES string of the molecule is Cc1ccc(CC(C(=O)O)c2ccc(C)cc2C)cc1. The number of aryl methyl sites for hydroxylation is 3. The average Bonchev–Trinajstić information content (AvgIpc) is 2.39. The third kappa shape index (κ3) is 3.27. The van der Waals surface area contributed by atoms with Gasteiger partial charge in [0.25, 0.3) is 0 Å². The van der Waals surface area contributed by atoms with Gasteiger partial charge in [-0.2, -0.15) is 0 Å². The lowest BCUT2D eigenvalue weighted by molar-refractivity contribution is -0.138. The second-order valence-corrected chi connectivity index (χ2v) is 5.44. The highest BCUT2D eigenvalue weighted by Crippen LogP contribution is 2.25. The largest absolute Gasteiger partial charge is 0.481 e. The number of hydrogen-bond donors (Lipinski definition) is 1. The van der Waals surface area contributed by atoms with Gasteiger partial charge in [0.05, 0.1) is 5.92 Å². The molecule has 0 aliphatic heterocycles. The van der Waals surface area contributed by atoms with E-state index in [1.807, 2.05) is 63.2 Å². The molecule has 104 valence electrons. The van der Waals surface area contributed by atoms with Gasteiger partial charge < -0.3 is 5.11 Å². The maximum atomic E-state index is 11.6. The maximum Gasteiger partial charge on any atom is 0.311 e. The molecule has 2 rings (SSSR count). The molecule has 0 bridgehead atoms. The van der Waals surface area contributed by atoms with Crippen LogP contribution in [-0.2, 0) is 11.2 Å². The lowest BCUT2D eigenvalue weighted by atomic mass is 9.88. The summed E-state index contributed by atoms with van der Waals surface area (Å²) in [4.78, 5) is 11.6. The first kappa shape index (κ1) is 14.3. The van der Waals surface area contributed by atoms with Crippen LogP contribution in [0.4, 0.5) is 0 Å². The van der Waals surface area contributed by atoms with Crippen molar-refractivity contribution in [2.45, 2.75) is 33.1 Å². The Balaban J connectivity index is 2.31. The van der Waals surface area contributed by atoms with Gasteiger partial charge in [-0.3, -0.25) is 4.79 Å². The Morgan fingerprint density at radius 3 is 2.15 bits per heavy atom. The van der Waals surface area contributed by atoms with Crippen LogP contribution in [0.25, 0.3) is 0 Å². The lowest BCUT2D eigenvalue weighted by Gasteiger charge is -2.16. The van der Waals surface area contributed by atoms with Crippen LogP contribution in [0.5, 0.6) is 0 Å². The molecule has 0 amide bonds.